The van der Waals surface area contributed by atoms with Crippen molar-refractivity contribution in [1.29, 1.82) is 0 Å². The zero-order valence-corrected chi connectivity index (χ0v) is 11.5. The Labute approximate surface area is 124 Å². The lowest BCUT2D eigenvalue weighted by Gasteiger charge is -2.15. The maximum atomic E-state index is 13.7. The molecule has 0 aliphatic heterocycles. The molecule has 2 rings (SSSR count). The molecule has 0 bridgehead atoms. The summed E-state index contributed by atoms with van der Waals surface area (Å²) in [6, 6.07) is 10.1. The molecular formula is C14H12FN3O4. The molecule has 2 aromatic rings. The van der Waals surface area contributed by atoms with Gasteiger partial charge in [-0.1, -0.05) is 30.3 Å². The van der Waals surface area contributed by atoms with E-state index < -0.39 is 27.0 Å². The Hall–Kier alpha value is -3.03. The lowest BCUT2D eigenvalue weighted by atomic mass is 10.1. The number of rotatable bonds is 5. The lowest BCUT2D eigenvalue weighted by molar-refractivity contribution is -0.395. The van der Waals surface area contributed by atoms with E-state index in [1.807, 2.05) is 18.2 Å². The van der Waals surface area contributed by atoms with Crippen LogP contribution in [0.4, 0.5) is 21.5 Å². The monoisotopic (exact) mass is 305 g/mol. The van der Waals surface area contributed by atoms with E-state index in [2.05, 4.69) is 5.32 Å². The molecule has 8 heteroatoms. The molecule has 7 nitrogen and oxygen atoms in total. The third-order valence-electron chi connectivity index (χ3n) is 3.13. The first-order chi connectivity index (χ1) is 10.4. The smallest absolute Gasteiger partial charge is 0.311 e. The van der Waals surface area contributed by atoms with Gasteiger partial charge in [-0.05, 0) is 12.5 Å². The van der Waals surface area contributed by atoms with Crippen LogP contribution in [0.3, 0.4) is 0 Å². The van der Waals surface area contributed by atoms with Crippen molar-refractivity contribution in [2.45, 2.75) is 13.0 Å². The number of nitro groups is 2. The van der Waals surface area contributed by atoms with Gasteiger partial charge in [-0.2, -0.15) is 4.39 Å². The van der Waals surface area contributed by atoms with Gasteiger partial charge in [0.05, 0.1) is 15.9 Å². The average Bonchev–Trinajstić information content (AvgIpc) is 2.47. The van der Waals surface area contributed by atoms with Crippen molar-refractivity contribution in [3.8, 4) is 0 Å². The first-order valence-electron chi connectivity index (χ1n) is 6.34. The molecule has 0 aliphatic carbocycles. The van der Waals surface area contributed by atoms with Crippen LogP contribution in [-0.4, -0.2) is 9.85 Å². The minimum absolute atomic E-state index is 0.107. The van der Waals surface area contributed by atoms with Gasteiger partial charge in [0.25, 0.3) is 5.69 Å². The van der Waals surface area contributed by atoms with Crippen molar-refractivity contribution in [3.05, 3.63) is 74.1 Å². The molecule has 0 saturated heterocycles. The fourth-order valence-corrected chi connectivity index (χ4v) is 2.02. The Bertz CT molecular complexity index is 722. The molecule has 0 unspecified atom stereocenters. The predicted octanol–water partition coefficient (Wildman–Crippen LogP) is 3.82. The van der Waals surface area contributed by atoms with Crippen LogP contribution in [0.2, 0.25) is 0 Å². The zero-order chi connectivity index (χ0) is 16.3. The summed E-state index contributed by atoms with van der Waals surface area (Å²) < 4.78 is 13.7. The normalized spacial score (nSPS) is 11.7. The SMILES string of the molecule is C[C@H](Nc1cc(F)c([N+](=O)[O-])cc1[N+](=O)[O-])c1ccccc1. The molecule has 114 valence electrons. The van der Waals surface area contributed by atoms with E-state index >= 15 is 0 Å². The fourth-order valence-electron chi connectivity index (χ4n) is 2.02. The van der Waals surface area contributed by atoms with Crippen LogP contribution in [0.5, 0.6) is 0 Å². The highest BCUT2D eigenvalue weighted by atomic mass is 19.1. The van der Waals surface area contributed by atoms with E-state index in [9.17, 15) is 24.6 Å². The van der Waals surface area contributed by atoms with E-state index in [1.165, 1.54) is 0 Å². The van der Waals surface area contributed by atoms with Gasteiger partial charge in [-0.25, -0.2) is 0 Å². The Kier molecular flexibility index (Phi) is 4.31. The molecule has 2 aromatic carbocycles. The summed E-state index contributed by atoms with van der Waals surface area (Å²) in [6.45, 7) is 1.75. The van der Waals surface area contributed by atoms with Crippen molar-refractivity contribution < 1.29 is 14.2 Å². The predicted molar refractivity (Wildman–Crippen MR) is 78.2 cm³/mol. The minimum atomic E-state index is -1.13. The topological polar surface area (TPSA) is 98.3 Å². The third kappa shape index (κ3) is 3.17. The molecule has 0 spiro atoms. The molecule has 0 fully saturated rings. The first kappa shape index (κ1) is 15.4. The highest BCUT2D eigenvalue weighted by Gasteiger charge is 2.25. The average molecular weight is 305 g/mol. The second-order valence-electron chi connectivity index (χ2n) is 4.61. The molecule has 0 aliphatic rings. The van der Waals surface area contributed by atoms with E-state index in [0.29, 0.717) is 6.07 Å². The number of anilines is 1. The number of nitro benzene ring substituents is 2. The van der Waals surface area contributed by atoms with Crippen LogP contribution in [0.1, 0.15) is 18.5 Å². The van der Waals surface area contributed by atoms with Gasteiger partial charge >= 0.3 is 5.69 Å². The third-order valence-corrected chi connectivity index (χ3v) is 3.13. The summed E-state index contributed by atoms with van der Waals surface area (Å²) in [5.74, 6) is -1.13. The van der Waals surface area contributed by atoms with Gasteiger partial charge in [-0.15, -0.1) is 0 Å². The maximum absolute atomic E-state index is 13.7. The Morgan fingerprint density at radius 3 is 2.18 bits per heavy atom. The van der Waals surface area contributed by atoms with Gasteiger partial charge in [0.1, 0.15) is 5.69 Å². The van der Waals surface area contributed by atoms with Gasteiger partial charge in [0.2, 0.25) is 5.82 Å². The van der Waals surface area contributed by atoms with Crippen LogP contribution in [0.15, 0.2) is 42.5 Å². The zero-order valence-electron chi connectivity index (χ0n) is 11.5. The number of benzene rings is 2. The second-order valence-corrected chi connectivity index (χ2v) is 4.61. The molecule has 0 amide bonds. The van der Waals surface area contributed by atoms with E-state index in [1.54, 1.807) is 19.1 Å². The van der Waals surface area contributed by atoms with Crippen LogP contribution in [0, 0.1) is 26.0 Å². The number of nitrogens with one attached hydrogen (secondary N) is 1. The van der Waals surface area contributed by atoms with Crippen LogP contribution in [0.25, 0.3) is 0 Å². The fraction of sp³-hybridized carbons (Fsp3) is 0.143. The molecular weight excluding hydrogens is 293 g/mol. The summed E-state index contributed by atoms with van der Waals surface area (Å²) in [5, 5.41) is 24.5. The Morgan fingerprint density at radius 1 is 1.05 bits per heavy atom. The van der Waals surface area contributed by atoms with E-state index in [0.717, 1.165) is 11.6 Å². The van der Waals surface area contributed by atoms with Crippen LogP contribution < -0.4 is 5.32 Å². The summed E-state index contributed by atoms with van der Waals surface area (Å²) >= 11 is 0. The quantitative estimate of drug-likeness (QED) is 0.669. The summed E-state index contributed by atoms with van der Waals surface area (Å²) in [7, 11) is 0. The number of hydrogen-bond donors (Lipinski definition) is 1. The van der Waals surface area contributed by atoms with E-state index in [-0.39, 0.29) is 11.7 Å². The summed E-state index contributed by atoms with van der Waals surface area (Å²) in [4.78, 5) is 19.9. The molecule has 0 heterocycles. The van der Waals surface area contributed by atoms with Crippen LogP contribution in [-0.2, 0) is 0 Å². The lowest BCUT2D eigenvalue weighted by Crippen LogP contribution is -2.09. The Balaban J connectivity index is 2.40. The van der Waals surface area contributed by atoms with Gasteiger partial charge < -0.3 is 5.32 Å². The minimum Gasteiger partial charge on any atom is -0.373 e. The van der Waals surface area contributed by atoms with Crippen molar-refractivity contribution in [2.24, 2.45) is 0 Å². The summed E-state index contributed by atoms with van der Waals surface area (Å²) in [6.07, 6.45) is 0. The molecule has 22 heavy (non-hydrogen) atoms. The largest absolute Gasteiger partial charge is 0.373 e. The molecule has 1 N–H and O–H groups in total. The van der Waals surface area contributed by atoms with Gasteiger partial charge in [0.15, 0.2) is 0 Å². The van der Waals surface area contributed by atoms with Gasteiger partial charge in [-0.3, -0.25) is 20.2 Å². The number of nitrogens with zero attached hydrogens (tertiary/aromatic N) is 2. The van der Waals surface area contributed by atoms with E-state index in [4.69, 9.17) is 0 Å². The van der Waals surface area contributed by atoms with Crippen molar-refractivity contribution in [2.75, 3.05) is 5.32 Å². The highest BCUT2D eigenvalue weighted by molar-refractivity contribution is 5.66. The van der Waals surface area contributed by atoms with Gasteiger partial charge in [0, 0.05) is 12.1 Å². The standard InChI is InChI=1S/C14H12FN3O4/c1-9(10-5-3-2-4-6-10)16-12-7-11(15)13(17(19)20)8-14(12)18(21)22/h2-9,16H,1H3/t9-/m0/s1. The number of hydrogen-bond acceptors (Lipinski definition) is 5. The van der Waals surface area contributed by atoms with Crippen molar-refractivity contribution in [1.82, 2.24) is 0 Å². The summed E-state index contributed by atoms with van der Waals surface area (Å²) in [5.41, 5.74) is -0.736. The van der Waals surface area contributed by atoms with Crippen LogP contribution >= 0.6 is 0 Å². The first-order valence-corrected chi connectivity index (χ1v) is 6.34. The van der Waals surface area contributed by atoms with Crippen molar-refractivity contribution in [3.63, 3.8) is 0 Å². The molecule has 0 aromatic heterocycles. The van der Waals surface area contributed by atoms with Crippen molar-refractivity contribution >= 4 is 17.1 Å². The maximum Gasteiger partial charge on any atom is 0.311 e. The molecule has 0 saturated carbocycles. The highest BCUT2D eigenvalue weighted by Crippen LogP contribution is 2.33. The molecule has 0 radical (unpaired) electrons. The second kappa shape index (κ2) is 6.17. The number of halogens is 1. The Morgan fingerprint density at radius 2 is 1.64 bits per heavy atom. The molecule has 1 atom stereocenters.